The van der Waals surface area contributed by atoms with Crippen molar-refractivity contribution >= 4 is 16.9 Å². The molecule has 128 valence electrons. The van der Waals surface area contributed by atoms with Crippen molar-refractivity contribution in [1.82, 2.24) is 14.9 Å². The molecule has 0 N–H and O–H groups in total. The molecule has 4 rings (SSSR count). The maximum absolute atomic E-state index is 5.33. The van der Waals surface area contributed by atoms with Crippen LogP contribution in [0.3, 0.4) is 0 Å². The Labute approximate surface area is 143 Å². The summed E-state index contributed by atoms with van der Waals surface area (Å²) in [5.41, 5.74) is 2.00. The summed E-state index contributed by atoms with van der Waals surface area (Å²) in [6.45, 7) is 7.75. The van der Waals surface area contributed by atoms with Crippen molar-refractivity contribution in [1.29, 1.82) is 0 Å². The van der Waals surface area contributed by atoms with Gasteiger partial charge >= 0.3 is 0 Å². The van der Waals surface area contributed by atoms with Crippen LogP contribution in [-0.2, 0) is 0 Å². The fourth-order valence-electron chi connectivity index (χ4n) is 4.01. The molecule has 1 aromatic carbocycles. The van der Waals surface area contributed by atoms with Gasteiger partial charge in [-0.3, -0.25) is 4.90 Å². The van der Waals surface area contributed by atoms with Gasteiger partial charge in [-0.25, -0.2) is 9.97 Å². The minimum Gasteiger partial charge on any atom is -0.497 e. The highest BCUT2D eigenvalue weighted by atomic mass is 16.5. The molecule has 1 aromatic heterocycles. The third kappa shape index (κ3) is 2.71. The Morgan fingerprint density at radius 1 is 1.17 bits per heavy atom. The average Bonchev–Trinajstić information content (AvgIpc) is 2.54. The van der Waals surface area contributed by atoms with Gasteiger partial charge in [-0.1, -0.05) is 6.42 Å². The molecule has 0 saturated carbocycles. The van der Waals surface area contributed by atoms with Crippen LogP contribution in [0.1, 0.15) is 31.9 Å². The van der Waals surface area contributed by atoms with E-state index in [0.717, 1.165) is 47.4 Å². The third-order valence-electron chi connectivity index (χ3n) is 5.55. The lowest BCUT2D eigenvalue weighted by atomic mass is 9.98. The zero-order valence-corrected chi connectivity index (χ0v) is 14.8. The number of nitrogens with zero attached hydrogens (tertiary/aromatic N) is 4. The minimum absolute atomic E-state index is 0.658. The van der Waals surface area contributed by atoms with Gasteiger partial charge in [0.05, 0.1) is 18.3 Å². The number of rotatable bonds is 3. The number of hydrogen-bond acceptors (Lipinski definition) is 5. The van der Waals surface area contributed by atoms with Crippen molar-refractivity contribution in [2.45, 2.75) is 45.2 Å². The van der Waals surface area contributed by atoms with E-state index in [1.165, 1.54) is 25.8 Å². The standard InChI is InChI=1S/C19H26N4O/c1-13-6-4-5-9-23(13)15-11-22(12-15)19-20-14(2)17-8-7-16(24-3)10-18(17)21-19/h7-8,10,13,15H,4-6,9,11-12H2,1-3H3/t13-/m1/s1. The lowest BCUT2D eigenvalue weighted by Crippen LogP contribution is -2.62. The van der Waals surface area contributed by atoms with Crippen LogP contribution in [0, 0.1) is 6.92 Å². The van der Waals surface area contributed by atoms with Gasteiger partial charge in [-0.15, -0.1) is 0 Å². The van der Waals surface area contributed by atoms with E-state index in [9.17, 15) is 0 Å². The quantitative estimate of drug-likeness (QED) is 0.867. The van der Waals surface area contributed by atoms with E-state index >= 15 is 0 Å². The highest BCUT2D eigenvalue weighted by Gasteiger charge is 2.36. The van der Waals surface area contributed by atoms with Gasteiger partial charge in [0.15, 0.2) is 0 Å². The molecule has 5 heteroatoms. The molecule has 2 aliphatic heterocycles. The Balaban J connectivity index is 1.53. The first-order chi connectivity index (χ1) is 11.7. The molecule has 2 aliphatic rings. The van der Waals surface area contributed by atoms with Gasteiger partial charge in [0.25, 0.3) is 0 Å². The van der Waals surface area contributed by atoms with E-state index in [1.54, 1.807) is 7.11 Å². The SMILES string of the molecule is COc1ccc2c(C)nc(N3CC(N4CCCC[C@H]4C)C3)nc2c1. The molecule has 0 unspecified atom stereocenters. The summed E-state index contributed by atoms with van der Waals surface area (Å²) in [5, 5.41) is 1.10. The summed E-state index contributed by atoms with van der Waals surface area (Å²) in [6.07, 6.45) is 4.05. The summed E-state index contributed by atoms with van der Waals surface area (Å²) in [4.78, 5) is 14.5. The van der Waals surface area contributed by atoms with Crippen LogP contribution < -0.4 is 9.64 Å². The predicted octanol–water partition coefficient (Wildman–Crippen LogP) is 3.01. The fraction of sp³-hybridized carbons (Fsp3) is 0.579. The molecule has 2 saturated heterocycles. The molecule has 3 heterocycles. The fourth-order valence-corrected chi connectivity index (χ4v) is 4.01. The zero-order valence-electron chi connectivity index (χ0n) is 14.8. The number of ether oxygens (including phenoxy) is 1. The molecule has 0 amide bonds. The van der Waals surface area contributed by atoms with Crippen LogP contribution in [0.2, 0.25) is 0 Å². The second kappa shape index (κ2) is 6.20. The Hall–Kier alpha value is -1.88. The summed E-state index contributed by atoms with van der Waals surface area (Å²) in [6, 6.07) is 7.38. The topological polar surface area (TPSA) is 41.5 Å². The minimum atomic E-state index is 0.658. The predicted molar refractivity (Wildman–Crippen MR) is 96.8 cm³/mol. The first-order valence-corrected chi connectivity index (χ1v) is 8.99. The molecule has 0 bridgehead atoms. The smallest absolute Gasteiger partial charge is 0.226 e. The molecule has 1 atom stereocenters. The van der Waals surface area contributed by atoms with E-state index in [1.807, 2.05) is 18.2 Å². The number of anilines is 1. The molecule has 5 nitrogen and oxygen atoms in total. The number of hydrogen-bond donors (Lipinski definition) is 0. The summed E-state index contributed by atoms with van der Waals surface area (Å²) < 4.78 is 5.33. The molecule has 0 spiro atoms. The van der Waals surface area contributed by atoms with Gasteiger partial charge in [0, 0.05) is 36.6 Å². The van der Waals surface area contributed by atoms with Crippen molar-refractivity contribution in [3.63, 3.8) is 0 Å². The van der Waals surface area contributed by atoms with Gasteiger partial charge in [0.1, 0.15) is 5.75 Å². The van der Waals surface area contributed by atoms with Crippen LogP contribution in [-0.4, -0.2) is 53.7 Å². The number of likely N-dealkylation sites (tertiary alicyclic amines) is 1. The summed E-state index contributed by atoms with van der Waals surface area (Å²) >= 11 is 0. The first kappa shape index (κ1) is 15.6. The van der Waals surface area contributed by atoms with Crippen LogP contribution >= 0.6 is 0 Å². The van der Waals surface area contributed by atoms with Crippen molar-refractivity contribution in [2.24, 2.45) is 0 Å². The molecule has 2 fully saturated rings. The Kier molecular flexibility index (Phi) is 4.04. The van der Waals surface area contributed by atoms with Crippen LogP contribution in [0.15, 0.2) is 18.2 Å². The maximum Gasteiger partial charge on any atom is 0.226 e. The van der Waals surface area contributed by atoms with Crippen LogP contribution in [0.4, 0.5) is 5.95 Å². The van der Waals surface area contributed by atoms with Crippen molar-refractivity contribution in [3.05, 3.63) is 23.9 Å². The molecule has 0 aliphatic carbocycles. The Morgan fingerprint density at radius 2 is 2.00 bits per heavy atom. The van der Waals surface area contributed by atoms with Crippen LogP contribution in [0.25, 0.3) is 10.9 Å². The Morgan fingerprint density at radius 3 is 2.75 bits per heavy atom. The van der Waals surface area contributed by atoms with Crippen LogP contribution in [0.5, 0.6) is 5.75 Å². The van der Waals surface area contributed by atoms with Crippen molar-refractivity contribution in [3.8, 4) is 5.75 Å². The summed E-state index contributed by atoms with van der Waals surface area (Å²) in [7, 11) is 1.69. The second-order valence-electron chi connectivity index (χ2n) is 7.13. The number of piperidine rings is 1. The normalized spacial score (nSPS) is 22.6. The average molecular weight is 326 g/mol. The molecule has 24 heavy (non-hydrogen) atoms. The highest BCUT2D eigenvalue weighted by molar-refractivity contribution is 5.83. The Bertz CT molecular complexity index is 741. The van der Waals surface area contributed by atoms with E-state index in [4.69, 9.17) is 14.7 Å². The number of fused-ring (bicyclic) bond motifs is 1. The van der Waals surface area contributed by atoms with E-state index < -0.39 is 0 Å². The zero-order chi connectivity index (χ0) is 16.7. The van der Waals surface area contributed by atoms with Gasteiger partial charge in [0.2, 0.25) is 5.95 Å². The lowest BCUT2D eigenvalue weighted by Gasteiger charge is -2.49. The van der Waals surface area contributed by atoms with E-state index in [-0.39, 0.29) is 0 Å². The third-order valence-corrected chi connectivity index (χ3v) is 5.55. The van der Waals surface area contributed by atoms with E-state index in [2.05, 4.69) is 23.6 Å². The van der Waals surface area contributed by atoms with E-state index in [0.29, 0.717) is 6.04 Å². The largest absolute Gasteiger partial charge is 0.497 e. The maximum atomic E-state index is 5.33. The number of benzene rings is 1. The number of aromatic nitrogens is 2. The summed E-state index contributed by atoms with van der Waals surface area (Å²) in [5.74, 6) is 1.70. The van der Waals surface area contributed by atoms with Gasteiger partial charge < -0.3 is 9.64 Å². The molecule has 2 aromatic rings. The van der Waals surface area contributed by atoms with Crippen molar-refractivity contribution in [2.75, 3.05) is 31.6 Å². The first-order valence-electron chi connectivity index (χ1n) is 8.99. The number of methoxy groups -OCH3 is 1. The second-order valence-corrected chi connectivity index (χ2v) is 7.13. The number of aryl methyl sites for hydroxylation is 1. The molecular formula is C19H26N4O. The monoisotopic (exact) mass is 326 g/mol. The highest BCUT2D eigenvalue weighted by Crippen LogP contribution is 2.29. The van der Waals surface area contributed by atoms with Gasteiger partial charge in [-0.2, -0.15) is 0 Å². The van der Waals surface area contributed by atoms with Crippen molar-refractivity contribution < 1.29 is 4.74 Å². The molecule has 0 radical (unpaired) electrons. The van der Waals surface area contributed by atoms with Gasteiger partial charge in [-0.05, 0) is 45.4 Å². The lowest BCUT2D eigenvalue weighted by molar-refractivity contribution is 0.0869. The molecular weight excluding hydrogens is 300 g/mol.